The van der Waals surface area contributed by atoms with Crippen LogP contribution in [0.3, 0.4) is 0 Å². The predicted molar refractivity (Wildman–Crippen MR) is 89.0 cm³/mol. The fraction of sp³-hybridized carbons (Fsp3) is 0.167. The number of benzene rings is 2. The van der Waals surface area contributed by atoms with Crippen molar-refractivity contribution in [3.05, 3.63) is 65.7 Å². The summed E-state index contributed by atoms with van der Waals surface area (Å²) in [4.78, 5) is 24.0. The van der Waals surface area contributed by atoms with Gasteiger partial charge < -0.3 is 15.4 Å². The summed E-state index contributed by atoms with van der Waals surface area (Å²) in [6.07, 6.45) is 0. The molecule has 2 N–H and O–H groups in total. The van der Waals surface area contributed by atoms with Crippen molar-refractivity contribution in [3.8, 4) is 6.07 Å². The zero-order valence-electron chi connectivity index (χ0n) is 13.2. The highest BCUT2D eigenvalue weighted by Crippen LogP contribution is 2.14. The van der Waals surface area contributed by atoms with Crippen LogP contribution in [-0.2, 0) is 14.3 Å². The van der Waals surface area contributed by atoms with Crippen molar-refractivity contribution in [2.75, 3.05) is 19.0 Å². The summed E-state index contributed by atoms with van der Waals surface area (Å²) in [6, 6.07) is 16.8. The van der Waals surface area contributed by atoms with Crippen LogP contribution in [0.1, 0.15) is 17.2 Å². The molecule has 2 aromatic rings. The highest BCUT2D eigenvalue weighted by atomic mass is 16.5. The molecular weight excluding hydrogens is 306 g/mol. The molecule has 0 aliphatic carbocycles. The summed E-state index contributed by atoms with van der Waals surface area (Å²) in [7, 11) is 1.28. The number of ether oxygens (including phenoxy) is 1. The SMILES string of the molecule is COC(=O)[C@H](NC(=O)CNc1ccc(C#N)cc1)c1ccccc1. The van der Waals surface area contributed by atoms with Crippen molar-refractivity contribution in [2.24, 2.45) is 0 Å². The van der Waals surface area contributed by atoms with E-state index in [4.69, 9.17) is 10.00 Å². The van der Waals surface area contributed by atoms with Crippen LogP contribution >= 0.6 is 0 Å². The number of nitrogens with zero attached hydrogens (tertiary/aromatic N) is 1. The molecular formula is C18H17N3O3. The summed E-state index contributed by atoms with van der Waals surface area (Å²) < 4.78 is 4.75. The molecule has 0 saturated carbocycles. The van der Waals surface area contributed by atoms with Crippen LogP contribution in [0.2, 0.25) is 0 Å². The van der Waals surface area contributed by atoms with Gasteiger partial charge in [0.2, 0.25) is 5.91 Å². The Labute approximate surface area is 140 Å². The third-order valence-corrected chi connectivity index (χ3v) is 3.34. The van der Waals surface area contributed by atoms with Crippen LogP contribution in [0.4, 0.5) is 5.69 Å². The molecule has 122 valence electrons. The number of rotatable bonds is 6. The summed E-state index contributed by atoms with van der Waals surface area (Å²) in [5.41, 5.74) is 1.90. The Balaban J connectivity index is 1.97. The average molecular weight is 323 g/mol. The quantitative estimate of drug-likeness (QED) is 0.793. The van der Waals surface area contributed by atoms with E-state index in [-0.39, 0.29) is 12.5 Å². The number of methoxy groups -OCH3 is 1. The van der Waals surface area contributed by atoms with Gasteiger partial charge in [0.05, 0.1) is 25.3 Å². The zero-order chi connectivity index (χ0) is 17.4. The third kappa shape index (κ3) is 4.58. The zero-order valence-corrected chi connectivity index (χ0v) is 13.2. The number of amides is 1. The molecule has 0 heterocycles. The molecule has 0 aliphatic heterocycles. The van der Waals surface area contributed by atoms with Gasteiger partial charge in [-0.15, -0.1) is 0 Å². The molecule has 2 rings (SSSR count). The highest BCUT2D eigenvalue weighted by Gasteiger charge is 2.23. The number of esters is 1. The van der Waals surface area contributed by atoms with Crippen LogP contribution in [0.15, 0.2) is 54.6 Å². The van der Waals surface area contributed by atoms with E-state index in [0.717, 1.165) is 0 Å². The fourth-order valence-corrected chi connectivity index (χ4v) is 2.10. The lowest BCUT2D eigenvalue weighted by atomic mass is 10.1. The number of hydrogen-bond acceptors (Lipinski definition) is 5. The van der Waals surface area contributed by atoms with E-state index in [0.29, 0.717) is 16.8 Å². The highest BCUT2D eigenvalue weighted by molar-refractivity contribution is 5.87. The number of nitriles is 1. The minimum absolute atomic E-state index is 0.00771. The molecule has 2 aromatic carbocycles. The molecule has 24 heavy (non-hydrogen) atoms. The molecule has 0 spiro atoms. The number of anilines is 1. The maximum Gasteiger partial charge on any atom is 0.333 e. The van der Waals surface area contributed by atoms with E-state index in [9.17, 15) is 9.59 Å². The lowest BCUT2D eigenvalue weighted by molar-refractivity contribution is -0.145. The van der Waals surface area contributed by atoms with Crippen molar-refractivity contribution < 1.29 is 14.3 Å². The standard InChI is InChI=1S/C18H17N3O3/c1-24-18(23)17(14-5-3-2-4-6-14)21-16(22)12-20-15-9-7-13(11-19)8-10-15/h2-10,17,20H,12H2,1H3,(H,21,22)/t17-/m1/s1. The molecule has 0 radical (unpaired) electrons. The van der Waals surface area contributed by atoms with E-state index in [1.54, 1.807) is 48.5 Å². The second-order valence-corrected chi connectivity index (χ2v) is 4.98. The van der Waals surface area contributed by atoms with E-state index in [1.807, 2.05) is 12.1 Å². The van der Waals surface area contributed by atoms with E-state index < -0.39 is 12.0 Å². The predicted octanol–water partition coefficient (Wildman–Crippen LogP) is 2.00. The summed E-state index contributed by atoms with van der Waals surface area (Å²) in [5.74, 6) is -0.883. The molecule has 0 saturated heterocycles. The molecule has 6 heteroatoms. The lowest BCUT2D eigenvalue weighted by Gasteiger charge is -2.17. The topological polar surface area (TPSA) is 91.2 Å². The molecule has 0 fully saturated rings. The van der Waals surface area contributed by atoms with Crippen molar-refractivity contribution in [1.82, 2.24) is 5.32 Å². The van der Waals surface area contributed by atoms with Gasteiger partial charge in [-0.2, -0.15) is 5.26 Å². The molecule has 0 bridgehead atoms. The van der Waals surface area contributed by atoms with Gasteiger partial charge in [0.25, 0.3) is 0 Å². The first-order valence-electron chi connectivity index (χ1n) is 7.30. The third-order valence-electron chi connectivity index (χ3n) is 3.34. The Kier molecular flexibility index (Phi) is 5.92. The second kappa shape index (κ2) is 8.34. The number of carbonyl (C=O) groups is 2. The van der Waals surface area contributed by atoms with Crippen molar-refractivity contribution >= 4 is 17.6 Å². The van der Waals surface area contributed by atoms with Gasteiger partial charge in [0.15, 0.2) is 6.04 Å². The number of nitrogens with one attached hydrogen (secondary N) is 2. The fourth-order valence-electron chi connectivity index (χ4n) is 2.10. The summed E-state index contributed by atoms with van der Waals surface area (Å²) in [5, 5.41) is 14.3. The van der Waals surface area contributed by atoms with Gasteiger partial charge in [0.1, 0.15) is 0 Å². The van der Waals surface area contributed by atoms with Crippen molar-refractivity contribution in [1.29, 1.82) is 5.26 Å². The number of carbonyl (C=O) groups excluding carboxylic acids is 2. The van der Waals surface area contributed by atoms with Crippen molar-refractivity contribution in [3.63, 3.8) is 0 Å². The molecule has 0 aromatic heterocycles. The van der Waals surface area contributed by atoms with Crippen LogP contribution in [0.25, 0.3) is 0 Å². The Hall–Kier alpha value is -3.33. The molecule has 0 unspecified atom stereocenters. The summed E-state index contributed by atoms with van der Waals surface area (Å²) >= 11 is 0. The van der Waals surface area contributed by atoms with Gasteiger partial charge in [-0.05, 0) is 29.8 Å². The van der Waals surface area contributed by atoms with Gasteiger partial charge in [-0.3, -0.25) is 4.79 Å². The van der Waals surface area contributed by atoms with Gasteiger partial charge >= 0.3 is 5.97 Å². The van der Waals surface area contributed by atoms with E-state index >= 15 is 0 Å². The van der Waals surface area contributed by atoms with Crippen LogP contribution < -0.4 is 10.6 Å². The maximum atomic E-state index is 12.1. The number of hydrogen-bond donors (Lipinski definition) is 2. The van der Waals surface area contributed by atoms with Gasteiger partial charge in [0, 0.05) is 5.69 Å². The molecule has 0 aliphatic rings. The van der Waals surface area contributed by atoms with E-state index in [2.05, 4.69) is 10.6 Å². The Bertz CT molecular complexity index is 736. The average Bonchev–Trinajstić information content (AvgIpc) is 2.65. The monoisotopic (exact) mass is 323 g/mol. The smallest absolute Gasteiger partial charge is 0.333 e. The lowest BCUT2D eigenvalue weighted by Crippen LogP contribution is -2.37. The first-order chi connectivity index (χ1) is 11.6. The van der Waals surface area contributed by atoms with E-state index in [1.165, 1.54) is 7.11 Å². The molecule has 1 amide bonds. The largest absolute Gasteiger partial charge is 0.467 e. The molecule has 1 atom stereocenters. The van der Waals surface area contributed by atoms with Gasteiger partial charge in [-0.25, -0.2) is 4.79 Å². The van der Waals surface area contributed by atoms with Crippen LogP contribution in [0, 0.1) is 11.3 Å². The van der Waals surface area contributed by atoms with Crippen LogP contribution in [-0.4, -0.2) is 25.5 Å². The Morgan fingerprint density at radius 1 is 1.12 bits per heavy atom. The van der Waals surface area contributed by atoms with Crippen molar-refractivity contribution in [2.45, 2.75) is 6.04 Å². The minimum Gasteiger partial charge on any atom is -0.467 e. The summed E-state index contributed by atoms with van der Waals surface area (Å²) in [6.45, 7) is -0.00771. The second-order valence-electron chi connectivity index (χ2n) is 4.98. The molecule has 6 nitrogen and oxygen atoms in total. The minimum atomic E-state index is -0.855. The Morgan fingerprint density at radius 3 is 2.38 bits per heavy atom. The van der Waals surface area contributed by atoms with Gasteiger partial charge in [-0.1, -0.05) is 30.3 Å². The van der Waals surface area contributed by atoms with Crippen LogP contribution in [0.5, 0.6) is 0 Å². The normalized spacial score (nSPS) is 11.0. The first kappa shape index (κ1) is 17.0. The first-order valence-corrected chi connectivity index (χ1v) is 7.30. The Morgan fingerprint density at radius 2 is 1.79 bits per heavy atom. The maximum absolute atomic E-state index is 12.1.